The number of rotatable bonds is 4. The highest BCUT2D eigenvalue weighted by Crippen LogP contribution is 2.31. The number of benzene rings is 1. The van der Waals surface area contributed by atoms with Gasteiger partial charge < -0.3 is 14.4 Å². The Kier molecular flexibility index (Phi) is 5.31. The van der Waals surface area contributed by atoms with Gasteiger partial charge in [0, 0.05) is 19.5 Å². The van der Waals surface area contributed by atoms with Crippen LogP contribution in [0.25, 0.3) is 0 Å². The molecule has 0 aromatic heterocycles. The number of carbonyl (C=O) groups excluding carboxylic acids is 2. The molecule has 0 saturated carbocycles. The molecule has 1 saturated heterocycles. The lowest BCUT2D eigenvalue weighted by molar-refractivity contribution is -0.107. The normalized spacial score (nSPS) is 16.8. The van der Waals surface area contributed by atoms with E-state index in [1.54, 1.807) is 4.90 Å². The summed E-state index contributed by atoms with van der Waals surface area (Å²) >= 11 is 0. The molecule has 126 valence electrons. The second-order valence-corrected chi connectivity index (χ2v) is 7.08. The monoisotopic (exact) mass is 319 g/mol. The van der Waals surface area contributed by atoms with Crippen LogP contribution in [0.15, 0.2) is 24.3 Å². The standard InChI is InChI=1S/C19H27NO3/c1-19(2,3)23-18(22)20-12-10-16(11-13-20)17-9-5-4-7-15(17)8-6-14-21/h4-5,7,9,14,16H,6,8,10-13H2,1-3H3/i14T. The lowest BCUT2D eigenvalue weighted by atomic mass is 9.85. The molecule has 23 heavy (non-hydrogen) atoms. The molecule has 1 aliphatic heterocycles. The molecule has 0 atom stereocenters. The van der Waals surface area contributed by atoms with E-state index in [9.17, 15) is 9.59 Å². The molecule has 0 bridgehead atoms. The van der Waals surface area contributed by atoms with Crippen LogP contribution in [0.5, 0.6) is 0 Å². The first-order valence-corrected chi connectivity index (χ1v) is 8.31. The molecule has 2 rings (SSSR count). The van der Waals surface area contributed by atoms with Crippen molar-refractivity contribution in [3.8, 4) is 0 Å². The summed E-state index contributed by atoms with van der Waals surface area (Å²) in [5, 5.41) is 0. The average Bonchev–Trinajstić information content (AvgIpc) is 2.52. The average molecular weight is 319 g/mol. The number of hydrogen-bond donors (Lipinski definition) is 0. The van der Waals surface area contributed by atoms with Crippen LogP contribution in [0.1, 0.15) is 58.4 Å². The van der Waals surface area contributed by atoms with Crippen molar-refractivity contribution in [3.05, 3.63) is 35.4 Å². The van der Waals surface area contributed by atoms with Gasteiger partial charge in [-0.2, -0.15) is 0 Å². The summed E-state index contributed by atoms with van der Waals surface area (Å²) in [4.78, 5) is 24.9. The van der Waals surface area contributed by atoms with Gasteiger partial charge in [-0.15, -0.1) is 0 Å². The Morgan fingerprint density at radius 3 is 2.61 bits per heavy atom. The van der Waals surface area contributed by atoms with Crippen molar-refractivity contribution in [2.45, 2.75) is 58.0 Å². The van der Waals surface area contributed by atoms with E-state index >= 15 is 0 Å². The summed E-state index contributed by atoms with van der Waals surface area (Å²) in [7, 11) is 0. The van der Waals surface area contributed by atoms with Crippen LogP contribution in [0, 0.1) is 0 Å². The lowest BCUT2D eigenvalue weighted by Gasteiger charge is -2.34. The first-order valence-electron chi connectivity index (χ1n) is 8.81. The minimum Gasteiger partial charge on any atom is -0.444 e. The molecule has 1 aliphatic rings. The van der Waals surface area contributed by atoms with Crippen molar-refractivity contribution < 1.29 is 15.7 Å². The van der Waals surface area contributed by atoms with E-state index in [0.717, 1.165) is 18.4 Å². The molecule has 1 amide bonds. The Morgan fingerprint density at radius 1 is 1.35 bits per heavy atom. The van der Waals surface area contributed by atoms with Crippen molar-refractivity contribution >= 4 is 12.4 Å². The van der Waals surface area contributed by atoms with E-state index in [1.807, 2.05) is 39.0 Å². The van der Waals surface area contributed by atoms with Gasteiger partial charge in [0.2, 0.25) is 0 Å². The Labute approximate surface area is 140 Å². The number of likely N-dealkylation sites (tertiary alicyclic amines) is 1. The van der Waals surface area contributed by atoms with E-state index in [1.165, 1.54) is 5.56 Å². The highest BCUT2D eigenvalue weighted by atomic mass is 16.6. The molecule has 0 N–H and O–H groups in total. The van der Waals surface area contributed by atoms with E-state index in [-0.39, 0.29) is 12.5 Å². The number of ether oxygens (including phenoxy) is 1. The third kappa shape index (κ3) is 5.08. The van der Waals surface area contributed by atoms with Crippen LogP contribution < -0.4 is 0 Å². The number of aryl methyl sites for hydroxylation is 1. The maximum atomic E-state index is 12.1. The number of carbonyl (C=O) groups is 2. The summed E-state index contributed by atoms with van der Waals surface area (Å²) in [6.45, 7) is 7.00. The highest BCUT2D eigenvalue weighted by Gasteiger charge is 2.28. The summed E-state index contributed by atoms with van der Waals surface area (Å²) in [6.07, 6.45) is 1.90. The van der Waals surface area contributed by atoms with Gasteiger partial charge in [-0.3, -0.25) is 0 Å². The second kappa shape index (κ2) is 7.62. The fourth-order valence-corrected chi connectivity index (χ4v) is 3.05. The maximum absolute atomic E-state index is 12.1. The van der Waals surface area contributed by atoms with Crippen molar-refractivity contribution in [2.75, 3.05) is 13.1 Å². The zero-order valence-corrected chi connectivity index (χ0v) is 14.3. The number of piperidine rings is 1. The molecule has 0 aliphatic carbocycles. The minimum atomic E-state index is -0.524. The third-order valence-electron chi connectivity index (χ3n) is 4.14. The summed E-state index contributed by atoms with van der Waals surface area (Å²) in [6, 6.07) is 8.14. The smallest absolute Gasteiger partial charge is 0.410 e. The zero-order valence-electron chi connectivity index (χ0n) is 15.3. The van der Waals surface area contributed by atoms with Crippen molar-refractivity contribution in [3.63, 3.8) is 0 Å². The van der Waals surface area contributed by atoms with Crippen LogP contribution >= 0.6 is 0 Å². The van der Waals surface area contributed by atoms with Gasteiger partial charge in [0.15, 0.2) is 0 Å². The fourth-order valence-electron chi connectivity index (χ4n) is 3.05. The summed E-state index contributed by atoms with van der Waals surface area (Å²) < 4.78 is 12.5. The van der Waals surface area contributed by atoms with Crippen molar-refractivity contribution in [1.82, 2.24) is 4.90 Å². The Bertz CT molecular complexity index is 587. The number of nitrogens with zero attached hydrogens (tertiary/aromatic N) is 1. The van der Waals surface area contributed by atoms with E-state index < -0.39 is 11.9 Å². The molecule has 0 radical (unpaired) electrons. The fraction of sp³-hybridized carbons (Fsp3) is 0.579. The van der Waals surface area contributed by atoms with Gasteiger partial charge in [-0.05, 0) is 57.1 Å². The molecule has 1 aromatic carbocycles. The molecule has 4 nitrogen and oxygen atoms in total. The maximum Gasteiger partial charge on any atom is 0.410 e. The Morgan fingerprint density at radius 2 is 2.00 bits per heavy atom. The van der Waals surface area contributed by atoms with Crippen LogP contribution in [0.2, 0.25) is 0 Å². The molecular weight excluding hydrogens is 290 g/mol. The van der Waals surface area contributed by atoms with Gasteiger partial charge in [0.05, 0.1) is 0 Å². The van der Waals surface area contributed by atoms with Crippen LogP contribution in [-0.2, 0) is 16.0 Å². The quantitative estimate of drug-likeness (QED) is 0.790. The predicted molar refractivity (Wildman–Crippen MR) is 90.6 cm³/mol. The number of aldehydes is 1. The molecule has 0 unspecified atom stereocenters. The molecule has 1 heterocycles. The van der Waals surface area contributed by atoms with E-state index in [0.29, 0.717) is 25.4 Å². The highest BCUT2D eigenvalue weighted by molar-refractivity contribution is 5.68. The van der Waals surface area contributed by atoms with Gasteiger partial charge in [-0.1, -0.05) is 24.3 Å². The van der Waals surface area contributed by atoms with Gasteiger partial charge in [0.1, 0.15) is 13.2 Å². The van der Waals surface area contributed by atoms with Gasteiger partial charge in [0.25, 0.3) is 0 Å². The molecule has 1 aromatic rings. The Balaban J connectivity index is 1.97. The van der Waals surface area contributed by atoms with E-state index in [2.05, 4.69) is 6.07 Å². The van der Waals surface area contributed by atoms with Crippen molar-refractivity contribution in [2.24, 2.45) is 0 Å². The largest absolute Gasteiger partial charge is 0.444 e. The lowest BCUT2D eigenvalue weighted by Crippen LogP contribution is -2.41. The molecule has 0 spiro atoms. The zero-order chi connectivity index (χ0) is 17.7. The first kappa shape index (κ1) is 16.0. The summed E-state index contributed by atoms with van der Waals surface area (Å²) in [5.41, 5.74) is 1.93. The van der Waals surface area contributed by atoms with Crippen molar-refractivity contribution in [1.29, 1.82) is 0 Å². The van der Waals surface area contributed by atoms with Crippen LogP contribution in [0.3, 0.4) is 0 Å². The van der Waals surface area contributed by atoms with Gasteiger partial charge in [-0.25, -0.2) is 4.79 Å². The number of hydrogen-bond acceptors (Lipinski definition) is 3. The topological polar surface area (TPSA) is 46.6 Å². The molecule has 1 fully saturated rings. The van der Waals surface area contributed by atoms with Gasteiger partial charge >= 0.3 is 6.09 Å². The second-order valence-electron chi connectivity index (χ2n) is 7.08. The SMILES string of the molecule is [3H]C(=O)CCc1ccccc1C1CCN(C(=O)OC(C)(C)C)CC1. The van der Waals surface area contributed by atoms with Crippen LogP contribution in [-0.4, -0.2) is 35.9 Å². The Hall–Kier alpha value is -1.84. The molecule has 4 heteroatoms. The van der Waals surface area contributed by atoms with E-state index in [4.69, 9.17) is 6.11 Å². The van der Waals surface area contributed by atoms with Crippen LogP contribution in [0.4, 0.5) is 4.79 Å². The minimum absolute atomic E-state index is 0.242. The first-order chi connectivity index (χ1) is 11.3. The third-order valence-corrected chi connectivity index (χ3v) is 4.14. The predicted octanol–water partition coefficient (Wildman–Crippen LogP) is 3.93. The number of amides is 1. The summed E-state index contributed by atoms with van der Waals surface area (Å²) in [5.74, 6) is 0.390. The molecular formula is C19H27NO3.